The molecule has 0 aromatic carbocycles. The summed E-state index contributed by atoms with van der Waals surface area (Å²) in [5, 5.41) is 4.14. The second-order valence-electron chi connectivity index (χ2n) is 5.47. The third-order valence-electron chi connectivity index (χ3n) is 3.93. The summed E-state index contributed by atoms with van der Waals surface area (Å²) in [6.45, 7) is 5.98. The fourth-order valence-electron chi connectivity index (χ4n) is 2.49. The first kappa shape index (κ1) is 14.9. The molecule has 1 amide bonds. The van der Waals surface area contributed by atoms with E-state index in [9.17, 15) is 4.79 Å². The Balaban J connectivity index is 1.55. The minimum Gasteiger partial charge on any atom is -0.348 e. The van der Waals surface area contributed by atoms with Crippen LogP contribution in [0.3, 0.4) is 0 Å². The van der Waals surface area contributed by atoms with Crippen molar-refractivity contribution in [2.24, 2.45) is 0 Å². The molecule has 1 fully saturated rings. The van der Waals surface area contributed by atoms with Gasteiger partial charge in [-0.25, -0.2) is 15.0 Å². The molecule has 1 aliphatic rings. The molecule has 22 heavy (non-hydrogen) atoms. The summed E-state index contributed by atoms with van der Waals surface area (Å²) in [7, 11) is 0. The molecule has 0 aliphatic carbocycles. The van der Waals surface area contributed by atoms with Gasteiger partial charge < -0.3 is 10.2 Å². The lowest BCUT2D eigenvalue weighted by molar-refractivity contribution is 0.0926. The minimum absolute atomic E-state index is 0.123. The van der Waals surface area contributed by atoms with Crippen molar-refractivity contribution in [1.82, 2.24) is 20.3 Å². The van der Waals surface area contributed by atoms with Crippen LogP contribution in [0.25, 0.3) is 0 Å². The smallest absolute Gasteiger partial charge is 0.270 e. The number of nitrogens with one attached hydrogen (secondary N) is 1. The molecule has 3 heterocycles. The maximum absolute atomic E-state index is 12.1. The van der Waals surface area contributed by atoms with Gasteiger partial charge in [-0.15, -0.1) is 11.3 Å². The van der Waals surface area contributed by atoms with E-state index in [0.717, 1.165) is 36.8 Å². The molecule has 0 spiro atoms. The molecule has 0 unspecified atom stereocenters. The largest absolute Gasteiger partial charge is 0.348 e. The molecule has 1 N–H and O–H groups in total. The average molecular weight is 317 g/mol. The summed E-state index contributed by atoms with van der Waals surface area (Å²) in [4.78, 5) is 28.1. The van der Waals surface area contributed by atoms with Crippen molar-refractivity contribution in [1.29, 1.82) is 0 Å². The number of carbonyl (C=O) groups is 1. The van der Waals surface area contributed by atoms with Gasteiger partial charge in [0.05, 0.1) is 5.69 Å². The van der Waals surface area contributed by atoms with E-state index < -0.39 is 0 Å². The Hall–Kier alpha value is -2.02. The van der Waals surface area contributed by atoms with Crippen molar-refractivity contribution >= 4 is 22.4 Å². The van der Waals surface area contributed by atoms with E-state index >= 15 is 0 Å². The number of amides is 1. The van der Waals surface area contributed by atoms with Gasteiger partial charge in [0.25, 0.3) is 5.91 Å². The van der Waals surface area contributed by atoms with Crippen molar-refractivity contribution in [3.63, 3.8) is 0 Å². The fraction of sp³-hybridized carbons (Fsp3) is 0.467. The van der Waals surface area contributed by atoms with Crippen LogP contribution in [0.2, 0.25) is 0 Å². The molecular formula is C15H19N5OS. The van der Waals surface area contributed by atoms with Gasteiger partial charge in [-0.3, -0.25) is 4.79 Å². The summed E-state index contributed by atoms with van der Waals surface area (Å²) in [6.07, 6.45) is 4.82. The number of hydrogen-bond acceptors (Lipinski definition) is 6. The highest BCUT2D eigenvalue weighted by Gasteiger charge is 2.23. The molecule has 0 saturated carbocycles. The van der Waals surface area contributed by atoms with Gasteiger partial charge in [0.1, 0.15) is 12.0 Å². The summed E-state index contributed by atoms with van der Waals surface area (Å²) >= 11 is 1.74. The normalized spacial score (nSPS) is 15.8. The molecule has 2 aromatic heterocycles. The van der Waals surface area contributed by atoms with Crippen LogP contribution in [-0.2, 0) is 0 Å². The van der Waals surface area contributed by atoms with E-state index in [1.165, 1.54) is 11.2 Å². The Morgan fingerprint density at radius 2 is 2.14 bits per heavy atom. The second-order valence-corrected chi connectivity index (χ2v) is 6.65. The summed E-state index contributed by atoms with van der Waals surface area (Å²) in [5.74, 6) is -0.123. The van der Waals surface area contributed by atoms with Crippen LogP contribution in [0.5, 0.6) is 0 Å². The maximum Gasteiger partial charge on any atom is 0.270 e. The second kappa shape index (κ2) is 6.39. The highest BCUT2D eigenvalue weighted by Crippen LogP contribution is 2.27. The predicted molar refractivity (Wildman–Crippen MR) is 86.3 cm³/mol. The van der Waals surface area contributed by atoms with Crippen LogP contribution in [0.15, 0.2) is 18.6 Å². The molecule has 2 aromatic rings. The minimum atomic E-state index is -0.123. The summed E-state index contributed by atoms with van der Waals surface area (Å²) in [5.41, 5.74) is 1.53. The molecule has 1 saturated heterocycles. The molecule has 6 nitrogen and oxygen atoms in total. The Morgan fingerprint density at radius 1 is 1.36 bits per heavy atom. The topological polar surface area (TPSA) is 71.0 Å². The van der Waals surface area contributed by atoms with Crippen molar-refractivity contribution in [2.75, 3.05) is 18.0 Å². The molecule has 116 valence electrons. The van der Waals surface area contributed by atoms with Crippen molar-refractivity contribution < 1.29 is 4.79 Å². The van der Waals surface area contributed by atoms with Crippen molar-refractivity contribution in [3.05, 3.63) is 34.9 Å². The van der Waals surface area contributed by atoms with E-state index in [4.69, 9.17) is 0 Å². The van der Waals surface area contributed by atoms with Gasteiger partial charge in [0.15, 0.2) is 5.13 Å². The molecule has 3 rings (SSSR count). The Labute approximate surface area is 133 Å². The number of aryl methyl sites for hydroxylation is 2. The molecule has 7 heteroatoms. The van der Waals surface area contributed by atoms with Gasteiger partial charge in [0, 0.05) is 30.2 Å². The third kappa shape index (κ3) is 3.24. The molecule has 0 bridgehead atoms. The number of aromatic nitrogens is 3. The van der Waals surface area contributed by atoms with Crippen LogP contribution < -0.4 is 10.2 Å². The number of piperidine rings is 1. The number of hydrogen-bond donors (Lipinski definition) is 1. The molecule has 0 radical (unpaired) electrons. The van der Waals surface area contributed by atoms with E-state index in [0.29, 0.717) is 5.69 Å². The standard InChI is InChI=1S/C15H19N5OS/c1-10-11(2)22-15(18-10)20-7-4-12(5-8-20)19-14(21)13-3-6-16-9-17-13/h3,6,9,12H,4-5,7-8H2,1-2H3,(H,19,21). The number of anilines is 1. The Bertz CT molecular complexity index is 630. The Kier molecular flexibility index (Phi) is 4.33. The zero-order chi connectivity index (χ0) is 15.5. The lowest BCUT2D eigenvalue weighted by Gasteiger charge is -2.32. The fourth-order valence-corrected chi connectivity index (χ4v) is 3.45. The van der Waals surface area contributed by atoms with Crippen LogP contribution in [0.1, 0.15) is 33.9 Å². The van der Waals surface area contributed by atoms with Gasteiger partial charge >= 0.3 is 0 Å². The monoisotopic (exact) mass is 317 g/mol. The average Bonchev–Trinajstić information content (AvgIpc) is 2.88. The van der Waals surface area contributed by atoms with Gasteiger partial charge in [-0.05, 0) is 32.8 Å². The SMILES string of the molecule is Cc1nc(N2CCC(NC(=O)c3ccncn3)CC2)sc1C. The number of rotatable bonds is 3. The van der Waals surface area contributed by atoms with E-state index in [1.54, 1.807) is 23.6 Å². The molecular weight excluding hydrogens is 298 g/mol. The number of nitrogens with zero attached hydrogens (tertiary/aromatic N) is 4. The van der Waals surface area contributed by atoms with Gasteiger partial charge in [0.2, 0.25) is 0 Å². The maximum atomic E-state index is 12.1. The van der Waals surface area contributed by atoms with Gasteiger partial charge in [-0.1, -0.05) is 0 Å². The number of thiazole rings is 1. The van der Waals surface area contributed by atoms with Crippen LogP contribution >= 0.6 is 11.3 Å². The Morgan fingerprint density at radius 3 is 2.73 bits per heavy atom. The third-order valence-corrected chi connectivity index (χ3v) is 5.07. The van der Waals surface area contributed by atoms with E-state index in [1.807, 2.05) is 6.92 Å². The number of carbonyl (C=O) groups excluding carboxylic acids is 1. The molecule has 0 atom stereocenters. The van der Waals surface area contributed by atoms with E-state index in [-0.39, 0.29) is 11.9 Å². The van der Waals surface area contributed by atoms with Crippen LogP contribution in [0.4, 0.5) is 5.13 Å². The zero-order valence-electron chi connectivity index (χ0n) is 12.7. The highest BCUT2D eigenvalue weighted by atomic mass is 32.1. The zero-order valence-corrected chi connectivity index (χ0v) is 13.6. The summed E-state index contributed by atoms with van der Waals surface area (Å²) in [6, 6.07) is 1.83. The van der Waals surface area contributed by atoms with Crippen molar-refractivity contribution in [3.8, 4) is 0 Å². The van der Waals surface area contributed by atoms with Crippen LogP contribution in [0, 0.1) is 13.8 Å². The first-order chi connectivity index (χ1) is 10.6. The van der Waals surface area contributed by atoms with Gasteiger partial charge in [-0.2, -0.15) is 0 Å². The van der Waals surface area contributed by atoms with Crippen LogP contribution in [-0.4, -0.2) is 40.0 Å². The quantitative estimate of drug-likeness (QED) is 0.937. The lowest BCUT2D eigenvalue weighted by Crippen LogP contribution is -2.44. The van der Waals surface area contributed by atoms with Crippen molar-refractivity contribution in [2.45, 2.75) is 32.7 Å². The predicted octanol–water partition coefficient (Wildman–Crippen LogP) is 1.95. The highest BCUT2D eigenvalue weighted by molar-refractivity contribution is 7.15. The van der Waals surface area contributed by atoms with E-state index in [2.05, 4.69) is 32.1 Å². The first-order valence-electron chi connectivity index (χ1n) is 7.39. The summed E-state index contributed by atoms with van der Waals surface area (Å²) < 4.78 is 0. The first-order valence-corrected chi connectivity index (χ1v) is 8.21. The molecule has 1 aliphatic heterocycles. The lowest BCUT2D eigenvalue weighted by atomic mass is 10.1.